The van der Waals surface area contributed by atoms with Gasteiger partial charge in [0, 0.05) is 23.9 Å². The van der Waals surface area contributed by atoms with Gasteiger partial charge >= 0.3 is 0 Å². The summed E-state index contributed by atoms with van der Waals surface area (Å²) in [5.41, 5.74) is 2.66. The predicted octanol–water partition coefficient (Wildman–Crippen LogP) is 4.38. The lowest BCUT2D eigenvalue weighted by atomic mass is 10.0. The van der Waals surface area contributed by atoms with Gasteiger partial charge in [0.1, 0.15) is 23.0 Å². The second-order valence-corrected chi connectivity index (χ2v) is 7.35. The van der Waals surface area contributed by atoms with E-state index in [2.05, 4.69) is 4.98 Å². The number of aromatic hydroxyl groups is 2. The number of aryl methyl sites for hydroxylation is 1. The minimum absolute atomic E-state index is 0.0708. The molecule has 0 aliphatic carbocycles. The van der Waals surface area contributed by atoms with Crippen LogP contribution in [0.15, 0.2) is 71.5 Å². The highest BCUT2D eigenvalue weighted by Gasteiger charge is 2.12. The molecule has 4 rings (SSSR count). The van der Waals surface area contributed by atoms with Gasteiger partial charge in [-0.25, -0.2) is 0 Å². The SMILES string of the molecule is COc1ccc(CC(=O)c2ccc(O)cc2O)cc1.COc1cccc2c(C)cc(=O)[nH]c12. The van der Waals surface area contributed by atoms with Crippen molar-refractivity contribution in [3.63, 3.8) is 0 Å². The maximum atomic E-state index is 12.0. The van der Waals surface area contributed by atoms with Crippen molar-refractivity contribution in [2.24, 2.45) is 0 Å². The maximum Gasteiger partial charge on any atom is 0.248 e. The number of H-pyrrole nitrogens is 1. The number of aromatic amines is 1. The topological polar surface area (TPSA) is 109 Å². The summed E-state index contributed by atoms with van der Waals surface area (Å²) in [7, 11) is 3.17. The third-order valence-corrected chi connectivity index (χ3v) is 5.07. The number of ketones is 1. The molecule has 170 valence electrons. The van der Waals surface area contributed by atoms with Crippen LogP contribution in [0.2, 0.25) is 0 Å². The number of aromatic nitrogens is 1. The van der Waals surface area contributed by atoms with Crippen LogP contribution >= 0.6 is 0 Å². The number of methoxy groups -OCH3 is 2. The third kappa shape index (κ3) is 5.71. The van der Waals surface area contributed by atoms with Crippen molar-refractivity contribution in [2.75, 3.05) is 14.2 Å². The van der Waals surface area contributed by atoms with Gasteiger partial charge in [-0.2, -0.15) is 0 Å². The Morgan fingerprint density at radius 3 is 2.30 bits per heavy atom. The summed E-state index contributed by atoms with van der Waals surface area (Å²) < 4.78 is 10.2. The van der Waals surface area contributed by atoms with Crippen molar-refractivity contribution in [1.29, 1.82) is 0 Å². The molecule has 0 bridgehead atoms. The Bertz CT molecular complexity index is 1330. The Kier molecular flexibility index (Phi) is 7.35. The number of rotatable bonds is 5. The quantitative estimate of drug-likeness (QED) is 0.392. The zero-order valence-corrected chi connectivity index (χ0v) is 18.6. The van der Waals surface area contributed by atoms with E-state index in [-0.39, 0.29) is 34.8 Å². The fourth-order valence-corrected chi connectivity index (χ4v) is 3.37. The highest BCUT2D eigenvalue weighted by Crippen LogP contribution is 2.25. The summed E-state index contributed by atoms with van der Waals surface area (Å²) in [4.78, 5) is 26.1. The molecule has 7 heteroatoms. The van der Waals surface area contributed by atoms with E-state index in [0.717, 1.165) is 33.8 Å². The van der Waals surface area contributed by atoms with E-state index in [1.165, 1.54) is 12.1 Å². The van der Waals surface area contributed by atoms with E-state index < -0.39 is 0 Å². The van der Waals surface area contributed by atoms with Gasteiger partial charge in [0.2, 0.25) is 5.56 Å². The van der Waals surface area contributed by atoms with E-state index >= 15 is 0 Å². The molecule has 0 fully saturated rings. The molecule has 3 aromatic carbocycles. The molecule has 4 aromatic rings. The summed E-state index contributed by atoms with van der Waals surface area (Å²) in [5.74, 6) is 0.937. The molecule has 0 radical (unpaired) electrons. The molecule has 0 unspecified atom stereocenters. The summed E-state index contributed by atoms with van der Waals surface area (Å²) in [6.07, 6.45) is 0.183. The van der Waals surface area contributed by atoms with Crippen LogP contribution in [-0.2, 0) is 6.42 Å². The van der Waals surface area contributed by atoms with Gasteiger partial charge in [-0.1, -0.05) is 24.3 Å². The standard InChI is InChI=1S/C15H14O4.C11H11NO2/c1-19-12-5-2-10(3-6-12)8-14(17)13-7-4-11(16)9-15(13)18;1-7-6-10(13)12-11-8(7)4-3-5-9(11)14-2/h2-7,9,16,18H,8H2,1H3;3-6H,1-2H3,(H,12,13). The fourth-order valence-electron chi connectivity index (χ4n) is 3.37. The third-order valence-electron chi connectivity index (χ3n) is 5.07. The van der Waals surface area contributed by atoms with Crippen molar-refractivity contribution >= 4 is 16.7 Å². The number of ether oxygens (including phenoxy) is 2. The average Bonchev–Trinajstić information content (AvgIpc) is 2.79. The van der Waals surface area contributed by atoms with Crippen molar-refractivity contribution < 1.29 is 24.5 Å². The van der Waals surface area contributed by atoms with Crippen LogP contribution in [0.1, 0.15) is 21.5 Å². The Morgan fingerprint density at radius 1 is 0.939 bits per heavy atom. The molecular formula is C26H25NO6. The summed E-state index contributed by atoms with van der Waals surface area (Å²) in [6, 6.07) is 18.4. The van der Waals surface area contributed by atoms with E-state index in [1.807, 2.05) is 25.1 Å². The fraction of sp³-hybridized carbons (Fsp3) is 0.154. The molecule has 0 amide bonds. The van der Waals surface area contributed by atoms with Crippen LogP contribution in [0.25, 0.3) is 10.9 Å². The number of fused-ring (bicyclic) bond motifs is 1. The zero-order chi connectivity index (χ0) is 24.0. The van der Waals surface area contributed by atoms with Crippen molar-refractivity contribution in [1.82, 2.24) is 4.98 Å². The lowest BCUT2D eigenvalue weighted by Gasteiger charge is -2.05. The van der Waals surface area contributed by atoms with E-state index in [9.17, 15) is 19.8 Å². The van der Waals surface area contributed by atoms with Gasteiger partial charge in [0.25, 0.3) is 0 Å². The lowest BCUT2D eigenvalue weighted by molar-refractivity contribution is 0.0990. The monoisotopic (exact) mass is 447 g/mol. The second-order valence-electron chi connectivity index (χ2n) is 7.35. The highest BCUT2D eigenvalue weighted by molar-refractivity contribution is 6.00. The predicted molar refractivity (Wildman–Crippen MR) is 127 cm³/mol. The van der Waals surface area contributed by atoms with Gasteiger partial charge in [0.05, 0.1) is 25.3 Å². The van der Waals surface area contributed by atoms with Gasteiger partial charge in [-0.3, -0.25) is 9.59 Å². The first-order valence-corrected chi connectivity index (χ1v) is 10.2. The average molecular weight is 447 g/mol. The highest BCUT2D eigenvalue weighted by atomic mass is 16.5. The normalized spacial score (nSPS) is 10.3. The summed E-state index contributed by atoms with van der Waals surface area (Å²) in [6.45, 7) is 1.91. The van der Waals surface area contributed by atoms with Gasteiger partial charge in [-0.05, 0) is 48.4 Å². The summed E-state index contributed by atoms with van der Waals surface area (Å²) in [5, 5.41) is 19.8. The van der Waals surface area contributed by atoms with Crippen LogP contribution in [0.3, 0.4) is 0 Å². The zero-order valence-electron chi connectivity index (χ0n) is 18.6. The second kappa shape index (κ2) is 10.4. The Morgan fingerprint density at radius 2 is 1.67 bits per heavy atom. The molecule has 0 aliphatic rings. The first-order chi connectivity index (χ1) is 15.8. The molecule has 0 aliphatic heterocycles. The number of benzene rings is 3. The minimum atomic E-state index is -0.210. The molecular weight excluding hydrogens is 422 g/mol. The van der Waals surface area contributed by atoms with Gasteiger partial charge < -0.3 is 24.7 Å². The molecule has 1 heterocycles. The summed E-state index contributed by atoms with van der Waals surface area (Å²) >= 11 is 0. The number of Topliss-reactive ketones (excluding diaryl/α,β-unsaturated/α-hetero) is 1. The van der Waals surface area contributed by atoms with Gasteiger partial charge in [-0.15, -0.1) is 0 Å². The number of hydrogen-bond donors (Lipinski definition) is 3. The Labute approximate surface area is 190 Å². The molecule has 3 N–H and O–H groups in total. The molecule has 0 atom stereocenters. The van der Waals surface area contributed by atoms with E-state index in [4.69, 9.17) is 9.47 Å². The lowest BCUT2D eigenvalue weighted by Crippen LogP contribution is -2.05. The molecule has 1 aromatic heterocycles. The van der Waals surface area contributed by atoms with Crippen molar-refractivity contribution in [3.05, 3.63) is 93.8 Å². The Balaban J connectivity index is 0.000000194. The smallest absolute Gasteiger partial charge is 0.248 e. The molecule has 7 nitrogen and oxygen atoms in total. The first kappa shape index (κ1) is 23.4. The van der Waals surface area contributed by atoms with Crippen molar-refractivity contribution in [2.45, 2.75) is 13.3 Å². The Hall–Kier alpha value is -4.26. The molecule has 33 heavy (non-hydrogen) atoms. The number of hydrogen-bond acceptors (Lipinski definition) is 6. The largest absolute Gasteiger partial charge is 0.508 e. The number of carbonyl (C=O) groups excluding carboxylic acids is 1. The van der Waals surface area contributed by atoms with E-state index in [0.29, 0.717) is 5.75 Å². The molecule has 0 saturated carbocycles. The molecule has 0 saturated heterocycles. The number of para-hydroxylation sites is 1. The van der Waals surface area contributed by atoms with Gasteiger partial charge in [0.15, 0.2) is 5.78 Å². The number of phenolic OH excluding ortho intramolecular Hbond substituents is 2. The molecule has 0 spiro atoms. The number of phenols is 2. The number of nitrogens with one attached hydrogen (secondary N) is 1. The maximum absolute atomic E-state index is 12.0. The minimum Gasteiger partial charge on any atom is -0.508 e. The van der Waals surface area contributed by atoms with Crippen molar-refractivity contribution in [3.8, 4) is 23.0 Å². The van der Waals surface area contributed by atoms with E-state index in [1.54, 1.807) is 44.6 Å². The van der Waals surface area contributed by atoms with Crippen LogP contribution < -0.4 is 15.0 Å². The first-order valence-electron chi connectivity index (χ1n) is 10.2. The van der Waals surface area contributed by atoms with Crippen LogP contribution in [0.4, 0.5) is 0 Å². The number of carbonyl (C=O) groups is 1. The number of pyridine rings is 1. The van der Waals surface area contributed by atoms with Crippen LogP contribution in [0.5, 0.6) is 23.0 Å². The van der Waals surface area contributed by atoms with Crippen LogP contribution in [0, 0.1) is 6.92 Å². The van der Waals surface area contributed by atoms with Crippen LogP contribution in [-0.4, -0.2) is 35.2 Å².